The summed E-state index contributed by atoms with van der Waals surface area (Å²) < 4.78 is 0. The van der Waals surface area contributed by atoms with Crippen LogP contribution in [0.5, 0.6) is 0 Å². The van der Waals surface area contributed by atoms with Crippen molar-refractivity contribution in [3.05, 3.63) is 35.9 Å². The number of rotatable bonds is 7. The van der Waals surface area contributed by atoms with Gasteiger partial charge in [-0.1, -0.05) is 77.3 Å². The molecule has 0 bridgehead atoms. The summed E-state index contributed by atoms with van der Waals surface area (Å²) in [6, 6.07) is 10.5. The highest BCUT2D eigenvalue weighted by molar-refractivity contribution is 5.21. The van der Waals surface area contributed by atoms with Gasteiger partial charge in [-0.2, -0.15) is 0 Å². The van der Waals surface area contributed by atoms with Crippen LogP contribution in [0.1, 0.15) is 58.4 Å². The summed E-state index contributed by atoms with van der Waals surface area (Å²) in [5.41, 5.74) is 1.28. The molecule has 0 heterocycles. The van der Waals surface area contributed by atoms with Crippen LogP contribution in [0.15, 0.2) is 30.3 Å². The van der Waals surface area contributed by atoms with Crippen LogP contribution >= 0.6 is 0 Å². The molecule has 0 fully saturated rings. The van der Waals surface area contributed by atoms with E-state index in [0.717, 1.165) is 19.3 Å². The van der Waals surface area contributed by atoms with E-state index in [-0.39, 0.29) is 12.0 Å². The lowest BCUT2D eigenvalue weighted by molar-refractivity contribution is 0.0565. The minimum atomic E-state index is -0.225. The molecule has 0 aliphatic carbocycles. The van der Waals surface area contributed by atoms with Crippen LogP contribution in [0.3, 0.4) is 0 Å². The Morgan fingerprint density at radius 3 is 1.94 bits per heavy atom. The first-order chi connectivity index (χ1) is 8.65. The van der Waals surface area contributed by atoms with E-state index in [4.69, 9.17) is 0 Å². The topological polar surface area (TPSA) is 20.2 Å². The fourth-order valence-corrected chi connectivity index (χ4v) is 2.86. The third-order valence-electron chi connectivity index (χ3n) is 4.34. The van der Waals surface area contributed by atoms with Gasteiger partial charge in [0.1, 0.15) is 0 Å². The predicted octanol–water partition coefficient (Wildman–Crippen LogP) is 4.61. The van der Waals surface area contributed by atoms with Gasteiger partial charge in [-0.15, -0.1) is 0 Å². The quantitative estimate of drug-likeness (QED) is 0.747. The first kappa shape index (κ1) is 15.2. The maximum Gasteiger partial charge on any atom is 0.0639 e. The van der Waals surface area contributed by atoms with Crippen LogP contribution in [-0.2, 0) is 0 Å². The molecule has 1 heteroatoms. The first-order valence-corrected chi connectivity index (χ1v) is 7.38. The zero-order valence-electron chi connectivity index (χ0n) is 12.3. The van der Waals surface area contributed by atoms with Gasteiger partial charge in [0.15, 0.2) is 0 Å². The van der Waals surface area contributed by atoms with Crippen LogP contribution in [0.4, 0.5) is 0 Å². The Balaban J connectivity index is 2.98. The highest BCUT2D eigenvalue weighted by Gasteiger charge is 2.30. The summed E-state index contributed by atoms with van der Waals surface area (Å²) >= 11 is 0. The Kier molecular flexibility index (Phi) is 6.42. The molecule has 1 aromatic rings. The van der Waals surface area contributed by atoms with Crippen LogP contribution in [-0.4, -0.2) is 11.2 Å². The second-order valence-corrected chi connectivity index (χ2v) is 5.39. The molecule has 102 valence electrons. The number of aliphatic hydroxyl groups excluding tert-OH is 1. The van der Waals surface area contributed by atoms with Crippen molar-refractivity contribution >= 4 is 0 Å². The molecule has 0 saturated carbocycles. The number of hydrogen-bond donors (Lipinski definition) is 1. The predicted molar refractivity (Wildman–Crippen MR) is 78.7 cm³/mol. The molecule has 3 atom stereocenters. The molecule has 18 heavy (non-hydrogen) atoms. The minimum absolute atomic E-state index is 0.225. The van der Waals surface area contributed by atoms with Gasteiger partial charge in [0, 0.05) is 5.92 Å². The molecular weight excluding hydrogens is 220 g/mol. The molecular formula is C17H28O. The Hall–Kier alpha value is -0.820. The molecule has 0 amide bonds. The Morgan fingerprint density at radius 1 is 0.944 bits per heavy atom. The average molecular weight is 248 g/mol. The van der Waals surface area contributed by atoms with Gasteiger partial charge in [-0.25, -0.2) is 0 Å². The van der Waals surface area contributed by atoms with Crippen molar-refractivity contribution in [3.63, 3.8) is 0 Å². The van der Waals surface area contributed by atoms with E-state index in [9.17, 15) is 5.11 Å². The van der Waals surface area contributed by atoms with Crippen molar-refractivity contribution < 1.29 is 5.11 Å². The molecule has 1 nitrogen and oxygen atoms in total. The second-order valence-electron chi connectivity index (χ2n) is 5.39. The van der Waals surface area contributed by atoms with Crippen LogP contribution in [0, 0.1) is 11.8 Å². The van der Waals surface area contributed by atoms with Crippen molar-refractivity contribution in [1.29, 1.82) is 0 Å². The maximum absolute atomic E-state index is 10.7. The summed E-state index contributed by atoms with van der Waals surface area (Å²) in [6.07, 6.45) is 2.99. The van der Waals surface area contributed by atoms with E-state index in [1.807, 2.05) is 6.07 Å². The van der Waals surface area contributed by atoms with Crippen molar-refractivity contribution in [2.75, 3.05) is 0 Å². The summed E-state index contributed by atoms with van der Waals surface area (Å²) in [7, 11) is 0. The first-order valence-electron chi connectivity index (χ1n) is 7.38. The SMILES string of the molecule is CCC(C)C(c1ccccc1)C(O)C(CC)CC. The standard InChI is InChI=1S/C17H28O/c1-5-13(4)16(15-11-9-8-10-12-15)17(18)14(6-2)7-3/h8-14,16-18H,5-7H2,1-4H3. The van der Waals surface area contributed by atoms with Crippen molar-refractivity contribution in [3.8, 4) is 0 Å². The summed E-state index contributed by atoms with van der Waals surface area (Å²) in [5, 5.41) is 10.7. The molecule has 3 unspecified atom stereocenters. The lowest BCUT2D eigenvalue weighted by atomic mass is 9.76. The smallest absolute Gasteiger partial charge is 0.0639 e. The van der Waals surface area contributed by atoms with E-state index in [0.29, 0.717) is 11.8 Å². The zero-order chi connectivity index (χ0) is 13.5. The fourth-order valence-electron chi connectivity index (χ4n) is 2.86. The zero-order valence-corrected chi connectivity index (χ0v) is 12.3. The Bertz CT molecular complexity index is 316. The van der Waals surface area contributed by atoms with Crippen molar-refractivity contribution in [2.24, 2.45) is 11.8 Å². The highest BCUT2D eigenvalue weighted by Crippen LogP contribution is 2.35. The molecule has 0 aliphatic rings. The van der Waals surface area contributed by atoms with E-state index in [2.05, 4.69) is 52.0 Å². The molecule has 0 radical (unpaired) electrons. The van der Waals surface area contributed by atoms with Gasteiger partial charge < -0.3 is 5.11 Å². The minimum Gasteiger partial charge on any atom is -0.392 e. The van der Waals surface area contributed by atoms with Crippen molar-refractivity contribution in [1.82, 2.24) is 0 Å². The van der Waals surface area contributed by atoms with Crippen molar-refractivity contribution in [2.45, 2.75) is 59.0 Å². The Morgan fingerprint density at radius 2 is 1.50 bits per heavy atom. The lowest BCUT2D eigenvalue weighted by Crippen LogP contribution is -2.31. The lowest BCUT2D eigenvalue weighted by Gasteiger charge is -2.33. The summed E-state index contributed by atoms with van der Waals surface area (Å²) in [5.74, 6) is 1.19. The van der Waals surface area contributed by atoms with Crippen LogP contribution in [0.2, 0.25) is 0 Å². The van der Waals surface area contributed by atoms with Gasteiger partial charge in [0.05, 0.1) is 6.10 Å². The van der Waals surface area contributed by atoms with Crippen LogP contribution < -0.4 is 0 Å². The maximum atomic E-state index is 10.7. The molecule has 1 rings (SSSR count). The molecule has 0 saturated heterocycles. The van der Waals surface area contributed by atoms with E-state index < -0.39 is 0 Å². The molecule has 1 N–H and O–H groups in total. The third-order valence-corrected chi connectivity index (χ3v) is 4.34. The van der Waals surface area contributed by atoms with Crippen LogP contribution in [0.25, 0.3) is 0 Å². The second kappa shape index (κ2) is 7.58. The number of benzene rings is 1. The largest absolute Gasteiger partial charge is 0.392 e. The average Bonchev–Trinajstić information content (AvgIpc) is 2.41. The Labute approximate surface area is 112 Å². The van der Waals surface area contributed by atoms with Gasteiger partial charge in [0.25, 0.3) is 0 Å². The van der Waals surface area contributed by atoms with Gasteiger partial charge in [-0.3, -0.25) is 0 Å². The molecule has 0 spiro atoms. The molecule has 1 aromatic carbocycles. The monoisotopic (exact) mass is 248 g/mol. The number of hydrogen-bond acceptors (Lipinski definition) is 1. The van der Waals surface area contributed by atoms with E-state index >= 15 is 0 Å². The number of aliphatic hydroxyl groups is 1. The van der Waals surface area contributed by atoms with Gasteiger partial charge >= 0.3 is 0 Å². The highest BCUT2D eigenvalue weighted by atomic mass is 16.3. The molecule has 0 aromatic heterocycles. The summed E-state index contributed by atoms with van der Waals surface area (Å²) in [6.45, 7) is 8.82. The fraction of sp³-hybridized carbons (Fsp3) is 0.647. The van der Waals surface area contributed by atoms with E-state index in [1.54, 1.807) is 0 Å². The van der Waals surface area contributed by atoms with E-state index in [1.165, 1.54) is 5.56 Å². The normalized spacial score (nSPS) is 16.6. The summed E-state index contributed by atoms with van der Waals surface area (Å²) in [4.78, 5) is 0. The molecule has 0 aliphatic heterocycles. The van der Waals surface area contributed by atoms with Gasteiger partial charge in [0.2, 0.25) is 0 Å². The third kappa shape index (κ3) is 3.58. The van der Waals surface area contributed by atoms with Gasteiger partial charge in [-0.05, 0) is 17.4 Å².